The third kappa shape index (κ3) is 2.53. The van der Waals surface area contributed by atoms with Crippen LogP contribution in [0.1, 0.15) is 31.2 Å². The molecule has 2 aliphatic rings. The Labute approximate surface area is 156 Å². The number of rotatable bonds is 2. The van der Waals surface area contributed by atoms with Gasteiger partial charge in [0.15, 0.2) is 0 Å². The van der Waals surface area contributed by atoms with Gasteiger partial charge >= 0.3 is 0 Å². The molecule has 0 amide bonds. The van der Waals surface area contributed by atoms with Gasteiger partial charge in [0.05, 0.1) is 15.9 Å². The zero-order chi connectivity index (χ0) is 18.6. The van der Waals surface area contributed by atoms with Gasteiger partial charge in [0.1, 0.15) is 5.69 Å². The van der Waals surface area contributed by atoms with E-state index in [4.69, 9.17) is 0 Å². The van der Waals surface area contributed by atoms with Crippen molar-refractivity contribution in [3.63, 3.8) is 0 Å². The van der Waals surface area contributed by atoms with Gasteiger partial charge in [-0.1, -0.05) is 37.1 Å². The summed E-state index contributed by atoms with van der Waals surface area (Å²) in [6.45, 7) is 0.312. The van der Waals surface area contributed by atoms with Crippen LogP contribution in [0.3, 0.4) is 0 Å². The van der Waals surface area contributed by atoms with E-state index < -0.39 is 10.0 Å². The lowest BCUT2D eigenvalue weighted by atomic mass is 10.0. The van der Waals surface area contributed by atoms with Crippen molar-refractivity contribution in [2.45, 2.75) is 43.2 Å². The van der Waals surface area contributed by atoms with Crippen LogP contribution in [0.4, 0.5) is 0 Å². The molecule has 0 bridgehead atoms. The molecule has 0 atom stereocenters. The van der Waals surface area contributed by atoms with Gasteiger partial charge in [0.2, 0.25) is 10.0 Å². The molecule has 0 radical (unpaired) electrons. The van der Waals surface area contributed by atoms with E-state index in [-0.39, 0.29) is 17.3 Å². The van der Waals surface area contributed by atoms with Crippen LogP contribution >= 0.6 is 0 Å². The van der Waals surface area contributed by atoms with E-state index in [1.807, 2.05) is 18.2 Å². The summed E-state index contributed by atoms with van der Waals surface area (Å²) in [5.74, 6) is 0. The van der Waals surface area contributed by atoms with Gasteiger partial charge in [-0.2, -0.15) is 4.31 Å². The average Bonchev–Trinajstić information content (AvgIpc) is 3.27. The minimum absolute atomic E-state index is 0.0538. The van der Waals surface area contributed by atoms with E-state index in [9.17, 15) is 13.2 Å². The number of benzene rings is 2. The van der Waals surface area contributed by atoms with Crippen LogP contribution in [0.15, 0.2) is 52.2 Å². The van der Waals surface area contributed by atoms with Crippen molar-refractivity contribution >= 4 is 21.1 Å². The standard InChI is InChI=1S/C20H19N3O3S/c24-20-19(21-16-9-3-4-10-17(16)22-20)14-8-5-11-18-15(14)12-23(27(18,25)26)13-6-1-2-7-13/h3-5,8-11,13H,1-2,6-7,12H2,(H,22,24). The van der Waals surface area contributed by atoms with E-state index in [1.165, 1.54) is 0 Å². The van der Waals surface area contributed by atoms with E-state index in [0.717, 1.165) is 25.7 Å². The summed E-state index contributed by atoms with van der Waals surface area (Å²) in [5, 5.41) is 0. The van der Waals surface area contributed by atoms with Crippen LogP contribution in [-0.4, -0.2) is 28.7 Å². The Bertz CT molecular complexity index is 1210. The first-order chi connectivity index (χ1) is 13.1. The summed E-state index contributed by atoms with van der Waals surface area (Å²) >= 11 is 0. The fourth-order valence-electron chi connectivity index (χ4n) is 4.29. The first kappa shape index (κ1) is 16.6. The van der Waals surface area contributed by atoms with E-state index in [2.05, 4.69) is 9.97 Å². The van der Waals surface area contributed by atoms with E-state index >= 15 is 0 Å². The van der Waals surface area contributed by atoms with Crippen LogP contribution in [-0.2, 0) is 16.6 Å². The molecular formula is C20H19N3O3S. The number of aromatic nitrogens is 2. The molecule has 0 saturated heterocycles. The van der Waals surface area contributed by atoms with Gasteiger partial charge in [0.25, 0.3) is 5.56 Å². The molecule has 3 aromatic rings. The Morgan fingerprint density at radius 2 is 1.81 bits per heavy atom. The van der Waals surface area contributed by atoms with Crippen molar-refractivity contribution in [1.82, 2.24) is 14.3 Å². The summed E-state index contributed by atoms with van der Waals surface area (Å²) in [4.78, 5) is 20.3. The summed E-state index contributed by atoms with van der Waals surface area (Å²) in [6.07, 6.45) is 3.92. The second kappa shape index (κ2) is 6.00. The maximum Gasteiger partial charge on any atom is 0.274 e. The second-order valence-electron chi connectivity index (χ2n) is 7.20. The Kier molecular flexibility index (Phi) is 3.70. The Morgan fingerprint density at radius 1 is 1.04 bits per heavy atom. The van der Waals surface area contributed by atoms with Gasteiger partial charge in [0, 0.05) is 18.2 Å². The molecule has 1 aromatic heterocycles. The fraction of sp³-hybridized carbons (Fsp3) is 0.300. The lowest BCUT2D eigenvalue weighted by Gasteiger charge is -2.21. The highest BCUT2D eigenvalue weighted by molar-refractivity contribution is 7.89. The fourth-order valence-corrected chi connectivity index (χ4v) is 6.18. The zero-order valence-electron chi connectivity index (χ0n) is 14.7. The van der Waals surface area contributed by atoms with Crippen LogP contribution in [0.2, 0.25) is 0 Å². The molecule has 1 aliphatic heterocycles. The van der Waals surface area contributed by atoms with Gasteiger partial charge in [-0.15, -0.1) is 0 Å². The van der Waals surface area contributed by atoms with Crippen LogP contribution in [0.5, 0.6) is 0 Å². The molecule has 6 nitrogen and oxygen atoms in total. The van der Waals surface area contributed by atoms with Crippen LogP contribution in [0.25, 0.3) is 22.3 Å². The molecule has 0 unspecified atom stereocenters. The molecule has 138 valence electrons. The van der Waals surface area contributed by atoms with Crippen molar-refractivity contribution in [2.24, 2.45) is 0 Å². The SMILES string of the molecule is O=c1[nH]c2ccccc2nc1-c1cccc2c1CN(C1CCCC1)S2(=O)=O. The Morgan fingerprint density at radius 3 is 2.63 bits per heavy atom. The van der Waals surface area contributed by atoms with E-state index in [0.29, 0.717) is 33.6 Å². The summed E-state index contributed by atoms with van der Waals surface area (Å²) < 4.78 is 27.8. The topological polar surface area (TPSA) is 83.1 Å². The number of hydrogen-bond acceptors (Lipinski definition) is 4. The number of sulfonamides is 1. The molecule has 1 N–H and O–H groups in total. The van der Waals surface area contributed by atoms with Gasteiger partial charge in [-0.3, -0.25) is 4.79 Å². The zero-order valence-corrected chi connectivity index (χ0v) is 15.5. The van der Waals surface area contributed by atoms with Gasteiger partial charge in [-0.05, 0) is 36.6 Å². The molecule has 1 fully saturated rings. The van der Waals surface area contributed by atoms with Crippen LogP contribution < -0.4 is 5.56 Å². The highest BCUT2D eigenvalue weighted by Gasteiger charge is 2.41. The smallest absolute Gasteiger partial charge is 0.274 e. The van der Waals surface area contributed by atoms with E-state index in [1.54, 1.807) is 28.6 Å². The van der Waals surface area contributed by atoms with Crippen molar-refractivity contribution in [3.05, 3.63) is 58.4 Å². The first-order valence-corrected chi connectivity index (χ1v) is 10.6. The highest BCUT2D eigenvalue weighted by atomic mass is 32.2. The van der Waals surface area contributed by atoms with Crippen molar-refractivity contribution < 1.29 is 8.42 Å². The normalized spacial score (nSPS) is 19.6. The minimum atomic E-state index is -3.52. The predicted octanol–water partition coefficient (Wildman–Crippen LogP) is 3.04. The lowest BCUT2D eigenvalue weighted by molar-refractivity contribution is 0.329. The van der Waals surface area contributed by atoms with Crippen LogP contribution in [0, 0.1) is 0 Å². The maximum absolute atomic E-state index is 13.1. The van der Waals surface area contributed by atoms with Crippen molar-refractivity contribution in [2.75, 3.05) is 0 Å². The number of aromatic amines is 1. The number of H-pyrrole nitrogens is 1. The third-order valence-corrected chi connectivity index (χ3v) is 7.60. The molecule has 5 rings (SSSR count). The molecule has 7 heteroatoms. The summed E-state index contributed by atoms with van der Waals surface area (Å²) in [5.41, 5.74) is 2.59. The largest absolute Gasteiger partial charge is 0.319 e. The second-order valence-corrected chi connectivity index (χ2v) is 9.06. The Hall–Kier alpha value is -2.51. The van der Waals surface area contributed by atoms with Crippen molar-refractivity contribution in [3.8, 4) is 11.3 Å². The summed E-state index contributed by atoms with van der Waals surface area (Å²) in [6, 6.07) is 12.5. The average molecular weight is 381 g/mol. The number of para-hydroxylation sites is 2. The highest BCUT2D eigenvalue weighted by Crippen LogP contribution is 2.40. The molecular weight excluding hydrogens is 362 g/mol. The van der Waals surface area contributed by atoms with Gasteiger partial charge in [-0.25, -0.2) is 13.4 Å². The summed E-state index contributed by atoms with van der Waals surface area (Å²) in [7, 11) is -3.52. The minimum Gasteiger partial charge on any atom is -0.319 e. The monoisotopic (exact) mass is 381 g/mol. The molecule has 0 spiro atoms. The number of nitrogens with zero attached hydrogens (tertiary/aromatic N) is 2. The van der Waals surface area contributed by atoms with Gasteiger partial charge < -0.3 is 4.98 Å². The molecule has 1 aliphatic carbocycles. The maximum atomic E-state index is 13.1. The lowest BCUT2D eigenvalue weighted by Crippen LogP contribution is -2.33. The molecule has 1 saturated carbocycles. The molecule has 27 heavy (non-hydrogen) atoms. The quantitative estimate of drug-likeness (QED) is 0.740. The molecule has 2 heterocycles. The third-order valence-electron chi connectivity index (χ3n) is 5.62. The Balaban J connectivity index is 1.69. The first-order valence-electron chi connectivity index (χ1n) is 9.19. The van der Waals surface area contributed by atoms with Crippen molar-refractivity contribution in [1.29, 1.82) is 0 Å². The number of fused-ring (bicyclic) bond motifs is 2. The number of nitrogens with one attached hydrogen (secondary N) is 1. The number of hydrogen-bond donors (Lipinski definition) is 1. The molecule has 2 aromatic carbocycles. The predicted molar refractivity (Wildman–Crippen MR) is 103 cm³/mol.